The lowest BCUT2D eigenvalue weighted by atomic mass is 9.86. The highest BCUT2D eigenvalue weighted by atomic mass is 16.5. The van der Waals surface area contributed by atoms with Crippen molar-refractivity contribution in [3.05, 3.63) is 66.0 Å². The highest BCUT2D eigenvalue weighted by Crippen LogP contribution is 2.40. The van der Waals surface area contributed by atoms with Gasteiger partial charge in [0, 0.05) is 38.6 Å². The molecule has 3 heterocycles. The monoisotopic (exact) mass is 423 g/mol. The molecule has 7 heteroatoms. The smallest absolute Gasteiger partial charge is 0.255 e. The number of hydrogen-bond acceptors (Lipinski definition) is 5. The topological polar surface area (TPSA) is 72.0 Å². The third-order valence-electron chi connectivity index (χ3n) is 6.13. The van der Waals surface area contributed by atoms with E-state index in [0.717, 1.165) is 24.0 Å². The van der Waals surface area contributed by atoms with Crippen molar-refractivity contribution in [3.8, 4) is 0 Å². The molecule has 7 nitrogen and oxygen atoms in total. The van der Waals surface area contributed by atoms with E-state index in [-0.39, 0.29) is 23.9 Å². The van der Waals surface area contributed by atoms with Crippen LogP contribution >= 0.6 is 0 Å². The molecule has 1 aromatic heterocycles. The van der Waals surface area contributed by atoms with Crippen molar-refractivity contribution in [2.75, 3.05) is 33.4 Å². The molecule has 4 rings (SSSR count). The average molecular weight is 424 g/mol. The zero-order valence-corrected chi connectivity index (χ0v) is 17.9. The van der Waals surface area contributed by atoms with Crippen LogP contribution in [0.15, 0.2) is 54.9 Å². The molecule has 2 aliphatic rings. The highest BCUT2D eigenvalue weighted by Gasteiger charge is 2.52. The summed E-state index contributed by atoms with van der Waals surface area (Å²) in [5.74, 6) is 0.165. The number of hydrogen-bond donors (Lipinski definition) is 0. The second-order valence-corrected chi connectivity index (χ2v) is 8.03. The average Bonchev–Trinajstić information content (AvgIpc) is 2.81. The van der Waals surface area contributed by atoms with Crippen molar-refractivity contribution in [3.63, 3.8) is 0 Å². The maximum Gasteiger partial charge on any atom is 0.255 e. The minimum absolute atomic E-state index is 0.0203. The Balaban J connectivity index is 1.38. The van der Waals surface area contributed by atoms with E-state index >= 15 is 0 Å². The molecule has 2 aromatic rings. The summed E-state index contributed by atoms with van der Waals surface area (Å²) in [6, 6.07) is 13.7. The second-order valence-electron chi connectivity index (χ2n) is 8.03. The Bertz CT molecular complexity index is 869. The van der Waals surface area contributed by atoms with Gasteiger partial charge >= 0.3 is 0 Å². The van der Waals surface area contributed by atoms with Gasteiger partial charge in [-0.25, -0.2) is 0 Å². The van der Waals surface area contributed by atoms with E-state index in [2.05, 4.69) is 4.98 Å². The van der Waals surface area contributed by atoms with E-state index < -0.39 is 6.10 Å². The Morgan fingerprint density at radius 3 is 2.45 bits per heavy atom. The van der Waals surface area contributed by atoms with Gasteiger partial charge in [-0.1, -0.05) is 30.3 Å². The SMILES string of the molecule is COCCOC1C(=O)N(C2CCN(C(=O)Cc3ccccc3)CC2)C1c1ccncc1. The van der Waals surface area contributed by atoms with Crippen LogP contribution in [0.3, 0.4) is 0 Å². The quantitative estimate of drug-likeness (QED) is 0.481. The molecule has 2 atom stereocenters. The van der Waals surface area contributed by atoms with Gasteiger partial charge in [-0.2, -0.15) is 0 Å². The van der Waals surface area contributed by atoms with Crippen molar-refractivity contribution in [2.24, 2.45) is 0 Å². The summed E-state index contributed by atoms with van der Waals surface area (Å²) in [6.45, 7) is 2.17. The van der Waals surface area contributed by atoms with E-state index in [4.69, 9.17) is 9.47 Å². The zero-order chi connectivity index (χ0) is 21.6. The number of likely N-dealkylation sites (tertiary alicyclic amines) is 2. The van der Waals surface area contributed by atoms with Crippen LogP contribution in [0.5, 0.6) is 0 Å². The normalized spacial score (nSPS) is 21.8. The molecule has 164 valence electrons. The van der Waals surface area contributed by atoms with Gasteiger partial charge in [0.2, 0.25) is 5.91 Å². The van der Waals surface area contributed by atoms with E-state index in [1.165, 1.54) is 0 Å². The van der Waals surface area contributed by atoms with Crippen molar-refractivity contribution in [1.82, 2.24) is 14.8 Å². The van der Waals surface area contributed by atoms with Crippen molar-refractivity contribution in [1.29, 1.82) is 0 Å². The Hall–Kier alpha value is -2.77. The molecule has 0 spiro atoms. The fourth-order valence-electron chi connectivity index (χ4n) is 4.48. The summed E-state index contributed by atoms with van der Waals surface area (Å²) >= 11 is 0. The van der Waals surface area contributed by atoms with Gasteiger partial charge in [-0.3, -0.25) is 14.6 Å². The zero-order valence-electron chi connectivity index (χ0n) is 17.9. The summed E-state index contributed by atoms with van der Waals surface area (Å²) < 4.78 is 10.9. The predicted molar refractivity (Wildman–Crippen MR) is 115 cm³/mol. The largest absolute Gasteiger partial charge is 0.382 e. The molecule has 1 aromatic carbocycles. The van der Waals surface area contributed by atoms with Crippen LogP contribution in [0.1, 0.15) is 30.0 Å². The number of nitrogens with zero attached hydrogens (tertiary/aromatic N) is 3. The van der Waals surface area contributed by atoms with Crippen LogP contribution < -0.4 is 0 Å². The lowest BCUT2D eigenvalue weighted by Crippen LogP contribution is -2.65. The summed E-state index contributed by atoms with van der Waals surface area (Å²) in [7, 11) is 1.62. The van der Waals surface area contributed by atoms with Gasteiger partial charge < -0.3 is 19.3 Å². The first-order chi connectivity index (χ1) is 15.2. The molecular formula is C24H29N3O4. The van der Waals surface area contributed by atoms with Crippen LogP contribution in [0.2, 0.25) is 0 Å². The van der Waals surface area contributed by atoms with Crippen molar-refractivity contribution in [2.45, 2.75) is 37.5 Å². The van der Waals surface area contributed by atoms with E-state index in [1.807, 2.05) is 52.3 Å². The number of methoxy groups -OCH3 is 1. The molecule has 0 aliphatic carbocycles. The maximum atomic E-state index is 13.0. The fourth-order valence-corrected chi connectivity index (χ4v) is 4.48. The Labute approximate surface area is 183 Å². The Kier molecular flexibility index (Phi) is 6.94. The molecule has 2 unspecified atom stereocenters. The molecule has 2 saturated heterocycles. The molecule has 2 fully saturated rings. The van der Waals surface area contributed by atoms with Crippen LogP contribution in [0.25, 0.3) is 0 Å². The summed E-state index contributed by atoms with van der Waals surface area (Å²) in [6.07, 6.45) is 4.97. The third kappa shape index (κ3) is 4.78. The minimum Gasteiger partial charge on any atom is -0.382 e. The first-order valence-corrected chi connectivity index (χ1v) is 10.8. The molecule has 0 radical (unpaired) electrons. The molecule has 2 amide bonds. The molecule has 31 heavy (non-hydrogen) atoms. The first-order valence-electron chi connectivity index (χ1n) is 10.8. The number of aromatic nitrogens is 1. The number of rotatable bonds is 8. The summed E-state index contributed by atoms with van der Waals surface area (Å²) in [5, 5.41) is 0. The number of carbonyl (C=O) groups excluding carboxylic acids is 2. The maximum absolute atomic E-state index is 13.0. The van der Waals surface area contributed by atoms with Gasteiger partial charge in [-0.05, 0) is 36.1 Å². The van der Waals surface area contributed by atoms with Gasteiger partial charge in [0.15, 0.2) is 6.10 Å². The minimum atomic E-state index is -0.490. The highest BCUT2D eigenvalue weighted by molar-refractivity contribution is 5.89. The van der Waals surface area contributed by atoms with Gasteiger partial charge in [0.1, 0.15) is 0 Å². The lowest BCUT2D eigenvalue weighted by molar-refractivity contribution is -0.184. The van der Waals surface area contributed by atoms with E-state index in [9.17, 15) is 9.59 Å². The number of ether oxygens (including phenoxy) is 2. The van der Waals surface area contributed by atoms with Crippen LogP contribution in [-0.4, -0.2) is 72.2 Å². The number of β-lactam (4-membered cyclic amide) rings is 1. The van der Waals surface area contributed by atoms with Crippen molar-refractivity contribution < 1.29 is 19.1 Å². The first kappa shape index (κ1) is 21.5. The number of piperidine rings is 1. The van der Waals surface area contributed by atoms with Crippen molar-refractivity contribution >= 4 is 11.8 Å². The van der Waals surface area contributed by atoms with E-state index in [1.54, 1.807) is 19.5 Å². The number of amides is 2. The number of carbonyl (C=O) groups is 2. The summed E-state index contributed by atoms with van der Waals surface area (Å²) in [5.41, 5.74) is 2.06. The van der Waals surface area contributed by atoms with Gasteiger partial charge in [0.25, 0.3) is 5.91 Å². The standard InChI is InChI=1S/C24H29N3O4/c1-30-15-16-31-23-22(19-7-11-25-12-8-19)27(24(23)29)20-9-13-26(14-10-20)21(28)17-18-5-3-2-4-6-18/h2-8,11-12,20,22-23H,9-10,13-17H2,1H3. The molecule has 2 aliphatic heterocycles. The lowest BCUT2D eigenvalue weighted by Gasteiger charge is -2.52. The molecule has 0 N–H and O–H groups in total. The van der Waals surface area contributed by atoms with Gasteiger partial charge in [-0.15, -0.1) is 0 Å². The molecular weight excluding hydrogens is 394 g/mol. The third-order valence-corrected chi connectivity index (χ3v) is 6.13. The van der Waals surface area contributed by atoms with Crippen LogP contribution in [0.4, 0.5) is 0 Å². The van der Waals surface area contributed by atoms with E-state index in [0.29, 0.717) is 32.7 Å². The number of pyridine rings is 1. The number of benzene rings is 1. The van der Waals surface area contributed by atoms with Gasteiger partial charge in [0.05, 0.1) is 25.7 Å². The summed E-state index contributed by atoms with van der Waals surface area (Å²) in [4.78, 5) is 33.6. The van der Waals surface area contributed by atoms with Crippen LogP contribution in [-0.2, 0) is 25.5 Å². The van der Waals surface area contributed by atoms with Crippen LogP contribution in [0, 0.1) is 0 Å². The predicted octanol–water partition coefficient (Wildman–Crippen LogP) is 2.23. The Morgan fingerprint density at radius 1 is 1.06 bits per heavy atom. The molecule has 0 bridgehead atoms. The second kappa shape index (κ2) is 10.0. The molecule has 0 saturated carbocycles. The fraction of sp³-hybridized carbons (Fsp3) is 0.458. The Morgan fingerprint density at radius 2 is 1.77 bits per heavy atom.